The highest BCUT2D eigenvalue weighted by atomic mass is 16.1. The molecule has 100 valence electrons. The molecular formula is C13H17N5O. The number of tetrazole rings is 1. The summed E-state index contributed by atoms with van der Waals surface area (Å²) in [6, 6.07) is 7.34. The molecule has 0 radical (unpaired) electrons. The largest absolute Gasteiger partial charge is 0.399 e. The number of hydrogen-bond acceptors (Lipinski definition) is 5. The first kappa shape index (κ1) is 13.2. The van der Waals surface area contributed by atoms with Crippen molar-refractivity contribution in [1.82, 2.24) is 20.2 Å². The van der Waals surface area contributed by atoms with Gasteiger partial charge in [-0.25, -0.2) is 0 Å². The molecule has 0 spiro atoms. The first-order chi connectivity index (χ1) is 8.89. The molecule has 19 heavy (non-hydrogen) atoms. The number of carbonyl (C=O) groups excluding carboxylic acids is 1. The van der Waals surface area contributed by atoms with Gasteiger partial charge >= 0.3 is 0 Å². The Kier molecular flexibility index (Phi) is 3.33. The maximum absolute atomic E-state index is 12.4. The molecule has 1 aromatic carbocycles. The van der Waals surface area contributed by atoms with Gasteiger partial charge in [0, 0.05) is 11.1 Å². The average Bonchev–Trinajstić information content (AvgIpc) is 2.75. The second-order valence-corrected chi connectivity index (χ2v) is 5.04. The molecule has 0 atom stereocenters. The Bertz CT molecular complexity index is 585. The van der Waals surface area contributed by atoms with E-state index in [1.807, 2.05) is 26.0 Å². The number of nitrogens with two attached hydrogens (primary N) is 1. The third kappa shape index (κ3) is 2.78. The van der Waals surface area contributed by atoms with Gasteiger partial charge in [0.1, 0.15) is 0 Å². The van der Waals surface area contributed by atoms with Crippen molar-refractivity contribution in [2.24, 2.45) is 7.05 Å². The summed E-state index contributed by atoms with van der Waals surface area (Å²) < 4.78 is 0. The van der Waals surface area contributed by atoms with E-state index in [0.29, 0.717) is 11.5 Å². The second-order valence-electron chi connectivity index (χ2n) is 5.04. The van der Waals surface area contributed by atoms with Crippen LogP contribution in [0.3, 0.4) is 0 Å². The van der Waals surface area contributed by atoms with Gasteiger partial charge < -0.3 is 5.73 Å². The lowest BCUT2D eigenvalue weighted by Gasteiger charge is -2.23. The molecule has 6 nitrogen and oxygen atoms in total. The molecular weight excluding hydrogens is 242 g/mol. The van der Waals surface area contributed by atoms with Crippen LogP contribution in [0.1, 0.15) is 25.2 Å². The maximum atomic E-state index is 12.4. The third-order valence-electron chi connectivity index (χ3n) is 3.20. The molecule has 6 heteroatoms. The summed E-state index contributed by atoms with van der Waals surface area (Å²) in [5, 5.41) is 11.6. The molecule has 2 N–H and O–H groups in total. The van der Waals surface area contributed by atoms with Crippen molar-refractivity contribution < 1.29 is 4.79 Å². The lowest BCUT2D eigenvalue weighted by Crippen LogP contribution is -2.30. The highest BCUT2D eigenvalue weighted by molar-refractivity contribution is 5.90. The topological polar surface area (TPSA) is 86.7 Å². The zero-order valence-corrected chi connectivity index (χ0v) is 11.3. The van der Waals surface area contributed by atoms with E-state index in [9.17, 15) is 4.79 Å². The lowest BCUT2D eigenvalue weighted by molar-refractivity contribution is -0.122. The van der Waals surface area contributed by atoms with Crippen molar-refractivity contribution in [3.05, 3.63) is 35.7 Å². The molecule has 0 aliphatic rings. The standard InChI is InChI=1S/C13H17N5O/c1-13(2,9-4-6-10(14)7-5-9)11(19)8-12-15-17-18(3)16-12/h4-7H,8,14H2,1-3H3. The number of benzene rings is 1. The van der Waals surface area contributed by atoms with Crippen molar-refractivity contribution >= 4 is 11.5 Å². The van der Waals surface area contributed by atoms with Gasteiger partial charge in [-0.15, -0.1) is 10.2 Å². The van der Waals surface area contributed by atoms with Crippen molar-refractivity contribution in [2.75, 3.05) is 5.73 Å². The number of nitrogen functional groups attached to an aromatic ring is 1. The van der Waals surface area contributed by atoms with Crippen molar-refractivity contribution in [2.45, 2.75) is 25.7 Å². The molecule has 0 amide bonds. The predicted octanol–water partition coefficient (Wildman–Crippen LogP) is 0.882. The fourth-order valence-electron chi connectivity index (χ4n) is 1.82. The van der Waals surface area contributed by atoms with E-state index in [-0.39, 0.29) is 12.2 Å². The van der Waals surface area contributed by atoms with E-state index in [1.54, 1.807) is 19.2 Å². The molecule has 0 aliphatic heterocycles. The minimum Gasteiger partial charge on any atom is -0.399 e. The molecule has 1 aromatic heterocycles. The number of carbonyl (C=O) groups is 1. The Morgan fingerprint density at radius 1 is 1.32 bits per heavy atom. The number of nitrogens with zero attached hydrogens (tertiary/aromatic N) is 4. The van der Waals surface area contributed by atoms with Gasteiger partial charge in [-0.3, -0.25) is 4.79 Å². The monoisotopic (exact) mass is 259 g/mol. The molecule has 1 heterocycles. The highest BCUT2D eigenvalue weighted by Gasteiger charge is 2.30. The number of rotatable bonds is 4. The molecule has 0 fully saturated rings. The van der Waals surface area contributed by atoms with E-state index in [4.69, 9.17) is 5.73 Å². The van der Waals surface area contributed by atoms with E-state index >= 15 is 0 Å². The summed E-state index contributed by atoms with van der Waals surface area (Å²) in [5.41, 5.74) is 6.66. The van der Waals surface area contributed by atoms with Crippen LogP contribution in [0.5, 0.6) is 0 Å². The fraction of sp³-hybridized carbons (Fsp3) is 0.385. The molecule has 0 unspecified atom stereocenters. The van der Waals surface area contributed by atoms with E-state index < -0.39 is 5.41 Å². The smallest absolute Gasteiger partial charge is 0.182 e. The maximum Gasteiger partial charge on any atom is 0.182 e. The number of aromatic nitrogens is 4. The zero-order valence-electron chi connectivity index (χ0n) is 11.3. The van der Waals surface area contributed by atoms with Crippen molar-refractivity contribution in [3.8, 4) is 0 Å². The Morgan fingerprint density at radius 3 is 2.47 bits per heavy atom. The normalized spacial score (nSPS) is 11.5. The molecule has 0 saturated carbocycles. The van der Waals surface area contributed by atoms with Crippen LogP contribution in [0.25, 0.3) is 0 Å². The van der Waals surface area contributed by atoms with Crippen LogP contribution >= 0.6 is 0 Å². The molecule has 0 bridgehead atoms. The number of hydrogen-bond donors (Lipinski definition) is 1. The van der Waals surface area contributed by atoms with Gasteiger partial charge in [-0.2, -0.15) is 4.80 Å². The van der Waals surface area contributed by atoms with Gasteiger partial charge in [0.05, 0.1) is 13.5 Å². The predicted molar refractivity (Wildman–Crippen MR) is 71.4 cm³/mol. The van der Waals surface area contributed by atoms with Gasteiger partial charge in [0.25, 0.3) is 0 Å². The lowest BCUT2D eigenvalue weighted by atomic mass is 9.79. The summed E-state index contributed by atoms with van der Waals surface area (Å²) in [6.07, 6.45) is 0.172. The average molecular weight is 259 g/mol. The molecule has 0 saturated heterocycles. The van der Waals surface area contributed by atoms with Crippen molar-refractivity contribution in [3.63, 3.8) is 0 Å². The minimum absolute atomic E-state index is 0.0465. The first-order valence-electron chi connectivity index (χ1n) is 6.02. The van der Waals surface area contributed by atoms with E-state index in [2.05, 4.69) is 15.4 Å². The Labute approximate surface area is 111 Å². The highest BCUT2D eigenvalue weighted by Crippen LogP contribution is 2.26. The third-order valence-corrected chi connectivity index (χ3v) is 3.20. The van der Waals surface area contributed by atoms with Crippen LogP contribution in [0.2, 0.25) is 0 Å². The quantitative estimate of drug-likeness (QED) is 0.824. The van der Waals surface area contributed by atoms with Crippen LogP contribution in [0.4, 0.5) is 5.69 Å². The summed E-state index contributed by atoms with van der Waals surface area (Å²) >= 11 is 0. The number of Topliss-reactive ketones (excluding diaryl/α,β-unsaturated/α-hetero) is 1. The zero-order chi connectivity index (χ0) is 14.0. The Morgan fingerprint density at radius 2 is 1.95 bits per heavy atom. The Balaban J connectivity index is 2.19. The van der Waals surface area contributed by atoms with E-state index in [0.717, 1.165) is 5.56 Å². The van der Waals surface area contributed by atoms with Gasteiger partial charge in [0.2, 0.25) is 0 Å². The second kappa shape index (κ2) is 4.79. The number of aryl methyl sites for hydroxylation is 1. The van der Waals surface area contributed by atoms with Crippen LogP contribution in [-0.4, -0.2) is 26.0 Å². The number of ketones is 1. The van der Waals surface area contributed by atoms with E-state index in [1.165, 1.54) is 4.80 Å². The summed E-state index contributed by atoms with van der Waals surface area (Å²) in [4.78, 5) is 13.7. The van der Waals surface area contributed by atoms with Crippen LogP contribution in [-0.2, 0) is 23.7 Å². The SMILES string of the molecule is Cn1nnc(CC(=O)C(C)(C)c2ccc(N)cc2)n1. The summed E-state index contributed by atoms with van der Waals surface area (Å²) in [7, 11) is 1.67. The molecule has 2 aromatic rings. The van der Waals surface area contributed by atoms with Gasteiger partial charge in [-0.05, 0) is 36.8 Å². The molecule has 2 rings (SSSR count). The minimum atomic E-state index is -0.604. The first-order valence-corrected chi connectivity index (χ1v) is 6.02. The molecule has 0 aliphatic carbocycles. The summed E-state index contributed by atoms with van der Waals surface area (Å²) in [5.74, 6) is 0.487. The van der Waals surface area contributed by atoms with Gasteiger partial charge in [-0.1, -0.05) is 12.1 Å². The Hall–Kier alpha value is -2.24. The van der Waals surface area contributed by atoms with Crippen LogP contribution in [0.15, 0.2) is 24.3 Å². The fourth-order valence-corrected chi connectivity index (χ4v) is 1.82. The van der Waals surface area contributed by atoms with Crippen LogP contribution < -0.4 is 5.73 Å². The van der Waals surface area contributed by atoms with Gasteiger partial charge in [0.15, 0.2) is 11.6 Å². The number of anilines is 1. The summed E-state index contributed by atoms with van der Waals surface area (Å²) in [6.45, 7) is 3.77. The van der Waals surface area contributed by atoms with Crippen LogP contribution in [0, 0.1) is 0 Å². The van der Waals surface area contributed by atoms with Crippen molar-refractivity contribution in [1.29, 1.82) is 0 Å².